The Balaban J connectivity index is 2.02. The fourth-order valence-corrected chi connectivity index (χ4v) is 4.76. The van der Waals surface area contributed by atoms with Crippen LogP contribution in [0.25, 0.3) is 10.4 Å². The minimum absolute atomic E-state index is 0.129. The molecule has 3 heteroatoms. The van der Waals surface area contributed by atoms with E-state index in [0.29, 0.717) is 11.7 Å². The van der Waals surface area contributed by atoms with Crippen LogP contribution < -0.4 is 0 Å². The summed E-state index contributed by atoms with van der Waals surface area (Å²) in [4.78, 5) is 18.3. The van der Waals surface area contributed by atoms with Gasteiger partial charge in [-0.25, -0.2) is 4.98 Å². The Morgan fingerprint density at radius 2 is 1.87 bits per heavy atom. The van der Waals surface area contributed by atoms with Gasteiger partial charge in [-0.15, -0.1) is 11.3 Å². The monoisotopic (exact) mass is 327 g/mol. The zero-order valence-electron chi connectivity index (χ0n) is 14.4. The molecule has 0 unspecified atom stereocenters. The van der Waals surface area contributed by atoms with Crippen LogP contribution in [-0.4, -0.2) is 10.8 Å². The molecule has 1 aliphatic carbocycles. The van der Waals surface area contributed by atoms with Crippen LogP contribution in [0.4, 0.5) is 0 Å². The molecular weight excluding hydrogens is 302 g/mol. The highest BCUT2D eigenvalue weighted by atomic mass is 32.1. The number of ketones is 1. The Kier molecular flexibility index (Phi) is 4.67. The van der Waals surface area contributed by atoms with E-state index in [1.54, 1.807) is 18.3 Å². The highest BCUT2D eigenvalue weighted by Gasteiger charge is 2.35. The fourth-order valence-electron chi connectivity index (χ4n) is 3.76. The molecule has 0 radical (unpaired) electrons. The summed E-state index contributed by atoms with van der Waals surface area (Å²) < 4.78 is 0. The van der Waals surface area contributed by atoms with Crippen molar-refractivity contribution in [2.75, 3.05) is 0 Å². The summed E-state index contributed by atoms with van der Waals surface area (Å²) in [6.07, 6.45) is 3.27. The first-order chi connectivity index (χ1) is 11.0. The molecule has 0 aliphatic heterocycles. The standard InChI is InChI=1S/C20H25NOS/c1-12-5-8-16(9-6-12)20-19(21-15(4)23-20)17-10-7-13(2)11-18(17)14(3)22/h5-6,8-9,13,17-18H,7,10-11H2,1-4H3/t13-,17+,18-/m0/s1. The SMILES string of the molecule is CC(=O)[C@@H]1C[C@@H](C)CC[C@H]1c1nc(C)sc1-c1ccc(C)cc1. The van der Waals surface area contributed by atoms with Crippen molar-refractivity contribution >= 4 is 17.1 Å². The van der Waals surface area contributed by atoms with Gasteiger partial charge in [0.05, 0.1) is 15.6 Å². The van der Waals surface area contributed by atoms with Crippen LogP contribution in [0.2, 0.25) is 0 Å². The fraction of sp³-hybridized carbons (Fsp3) is 0.500. The van der Waals surface area contributed by atoms with Crippen molar-refractivity contribution in [1.82, 2.24) is 4.98 Å². The van der Waals surface area contributed by atoms with Crippen LogP contribution in [0.1, 0.15) is 55.3 Å². The quantitative estimate of drug-likeness (QED) is 0.741. The van der Waals surface area contributed by atoms with Crippen molar-refractivity contribution < 1.29 is 4.79 Å². The van der Waals surface area contributed by atoms with Gasteiger partial charge >= 0.3 is 0 Å². The van der Waals surface area contributed by atoms with Gasteiger partial charge < -0.3 is 0 Å². The van der Waals surface area contributed by atoms with Crippen molar-refractivity contribution in [2.45, 2.75) is 52.9 Å². The van der Waals surface area contributed by atoms with Crippen molar-refractivity contribution in [3.8, 4) is 10.4 Å². The van der Waals surface area contributed by atoms with Crippen molar-refractivity contribution in [3.63, 3.8) is 0 Å². The topological polar surface area (TPSA) is 30.0 Å². The molecule has 2 aromatic rings. The van der Waals surface area contributed by atoms with Crippen LogP contribution in [0, 0.1) is 25.7 Å². The average molecular weight is 327 g/mol. The minimum Gasteiger partial charge on any atom is -0.300 e. The lowest BCUT2D eigenvalue weighted by Gasteiger charge is -2.33. The van der Waals surface area contributed by atoms with Gasteiger partial charge in [-0.3, -0.25) is 4.79 Å². The van der Waals surface area contributed by atoms with Gasteiger partial charge in [0.2, 0.25) is 0 Å². The molecule has 1 saturated carbocycles. The van der Waals surface area contributed by atoms with Crippen LogP contribution in [0.3, 0.4) is 0 Å². The number of rotatable bonds is 3. The predicted molar refractivity (Wildman–Crippen MR) is 97.0 cm³/mol. The first-order valence-corrected chi connectivity index (χ1v) is 9.32. The van der Waals surface area contributed by atoms with Gasteiger partial charge in [0.15, 0.2) is 0 Å². The van der Waals surface area contributed by atoms with E-state index >= 15 is 0 Å². The lowest BCUT2D eigenvalue weighted by molar-refractivity contribution is -0.122. The van der Waals surface area contributed by atoms with Crippen LogP contribution in [0.5, 0.6) is 0 Å². The maximum Gasteiger partial charge on any atom is 0.133 e. The summed E-state index contributed by atoms with van der Waals surface area (Å²) in [6, 6.07) is 8.67. The third kappa shape index (κ3) is 3.40. The number of thiazole rings is 1. The third-order valence-corrected chi connectivity index (χ3v) is 6.10. The largest absolute Gasteiger partial charge is 0.300 e. The smallest absolute Gasteiger partial charge is 0.133 e. The van der Waals surface area contributed by atoms with E-state index in [1.807, 2.05) is 0 Å². The first kappa shape index (κ1) is 16.4. The van der Waals surface area contributed by atoms with E-state index in [1.165, 1.54) is 22.4 Å². The molecule has 1 aromatic carbocycles. The van der Waals surface area contributed by atoms with Crippen molar-refractivity contribution in [3.05, 3.63) is 40.5 Å². The third-order valence-electron chi connectivity index (χ3n) is 5.06. The molecule has 0 spiro atoms. The molecular formula is C20H25NOS. The summed E-state index contributed by atoms with van der Waals surface area (Å²) in [7, 11) is 0. The molecule has 0 bridgehead atoms. The number of aryl methyl sites for hydroxylation is 2. The number of benzene rings is 1. The molecule has 0 amide bonds. The van der Waals surface area contributed by atoms with E-state index in [0.717, 1.165) is 23.5 Å². The summed E-state index contributed by atoms with van der Waals surface area (Å²) in [5, 5.41) is 1.09. The Labute approximate surface area is 143 Å². The number of Topliss-reactive ketones (excluding diaryl/α,β-unsaturated/α-hetero) is 1. The van der Waals surface area contributed by atoms with Crippen molar-refractivity contribution in [2.24, 2.45) is 11.8 Å². The maximum atomic E-state index is 12.2. The number of hydrogen-bond acceptors (Lipinski definition) is 3. The summed E-state index contributed by atoms with van der Waals surface area (Å²) in [5.74, 6) is 1.37. The Morgan fingerprint density at radius 1 is 1.17 bits per heavy atom. The number of nitrogens with zero attached hydrogens (tertiary/aromatic N) is 1. The number of aromatic nitrogens is 1. The molecule has 122 valence electrons. The lowest BCUT2D eigenvalue weighted by atomic mass is 9.71. The van der Waals surface area contributed by atoms with Crippen LogP contribution >= 0.6 is 11.3 Å². The highest BCUT2D eigenvalue weighted by Crippen LogP contribution is 2.45. The van der Waals surface area contributed by atoms with Crippen LogP contribution in [-0.2, 0) is 4.79 Å². The zero-order chi connectivity index (χ0) is 16.6. The second-order valence-corrected chi connectivity index (χ2v) is 8.26. The van der Waals surface area contributed by atoms with Gasteiger partial charge in [0, 0.05) is 11.8 Å². The minimum atomic E-state index is 0.129. The molecule has 1 heterocycles. The summed E-state index contributed by atoms with van der Waals surface area (Å²) in [5.41, 5.74) is 3.66. The van der Waals surface area contributed by atoms with Gasteiger partial charge in [0.25, 0.3) is 0 Å². The average Bonchev–Trinajstić information content (AvgIpc) is 2.89. The molecule has 3 atom stereocenters. The number of carbonyl (C=O) groups excluding carboxylic acids is 1. The maximum absolute atomic E-state index is 12.2. The predicted octanol–water partition coefficient (Wildman–Crippen LogP) is 5.54. The van der Waals surface area contributed by atoms with E-state index in [9.17, 15) is 4.79 Å². The second kappa shape index (κ2) is 6.56. The molecule has 23 heavy (non-hydrogen) atoms. The van der Waals surface area contributed by atoms with E-state index in [4.69, 9.17) is 4.98 Å². The van der Waals surface area contributed by atoms with Gasteiger partial charge in [0.1, 0.15) is 5.78 Å². The zero-order valence-corrected chi connectivity index (χ0v) is 15.2. The number of hydrogen-bond donors (Lipinski definition) is 0. The molecule has 2 nitrogen and oxygen atoms in total. The Hall–Kier alpha value is -1.48. The Morgan fingerprint density at radius 3 is 2.52 bits per heavy atom. The summed E-state index contributed by atoms with van der Waals surface area (Å²) in [6.45, 7) is 8.19. The summed E-state index contributed by atoms with van der Waals surface area (Å²) >= 11 is 1.76. The molecule has 1 fully saturated rings. The second-order valence-electron chi connectivity index (χ2n) is 7.06. The van der Waals surface area contributed by atoms with Gasteiger partial charge in [-0.1, -0.05) is 43.2 Å². The van der Waals surface area contributed by atoms with Crippen molar-refractivity contribution in [1.29, 1.82) is 0 Å². The van der Waals surface area contributed by atoms with E-state index < -0.39 is 0 Å². The molecule has 0 saturated heterocycles. The highest BCUT2D eigenvalue weighted by molar-refractivity contribution is 7.15. The van der Waals surface area contributed by atoms with E-state index in [-0.39, 0.29) is 11.8 Å². The van der Waals surface area contributed by atoms with Crippen LogP contribution in [0.15, 0.2) is 24.3 Å². The van der Waals surface area contributed by atoms with Gasteiger partial charge in [-0.2, -0.15) is 0 Å². The molecule has 1 aromatic heterocycles. The Bertz CT molecular complexity index is 701. The number of carbonyl (C=O) groups is 1. The normalized spacial score (nSPS) is 24.6. The first-order valence-electron chi connectivity index (χ1n) is 8.50. The molecule has 3 rings (SSSR count). The molecule has 1 aliphatic rings. The van der Waals surface area contributed by atoms with E-state index in [2.05, 4.69) is 45.0 Å². The molecule has 0 N–H and O–H groups in total. The van der Waals surface area contributed by atoms with Gasteiger partial charge in [-0.05, 0) is 45.1 Å². The lowest BCUT2D eigenvalue weighted by Crippen LogP contribution is -2.28.